The maximum Gasteiger partial charge on any atom is 0.120 e. The van der Waals surface area contributed by atoms with E-state index in [9.17, 15) is 0 Å². The highest BCUT2D eigenvalue weighted by Gasteiger charge is 2.06. The summed E-state index contributed by atoms with van der Waals surface area (Å²) >= 11 is 9.29. The molecule has 12 heavy (non-hydrogen) atoms. The van der Waals surface area contributed by atoms with Gasteiger partial charge in [-0.25, -0.2) is 0 Å². The Balaban J connectivity index is 3.16. The third kappa shape index (κ3) is 1.82. The summed E-state index contributed by atoms with van der Waals surface area (Å²) in [5, 5.41) is 0.629. The maximum atomic E-state index is 5.98. The second-order valence-electron chi connectivity index (χ2n) is 2.23. The van der Waals surface area contributed by atoms with E-state index >= 15 is 0 Å². The van der Waals surface area contributed by atoms with Crippen LogP contribution in [0.4, 0.5) is 0 Å². The zero-order valence-corrected chi connectivity index (χ0v) is 8.95. The minimum absolute atomic E-state index is 0.571. The van der Waals surface area contributed by atoms with Crippen LogP contribution < -0.4 is 0 Å². The molecule has 0 N–H and O–H groups in total. The monoisotopic (exact) mass is 246 g/mol. The third-order valence-corrected chi connectivity index (χ3v) is 2.79. The van der Waals surface area contributed by atoms with Crippen molar-refractivity contribution in [3.05, 3.63) is 39.8 Å². The highest BCUT2D eigenvalue weighted by atomic mass is 79.9. The van der Waals surface area contributed by atoms with E-state index in [4.69, 9.17) is 16.3 Å². The summed E-state index contributed by atoms with van der Waals surface area (Å²) in [4.78, 5) is 0. The van der Waals surface area contributed by atoms with Crippen LogP contribution in [0.15, 0.2) is 29.3 Å². The Morgan fingerprint density at radius 1 is 1.58 bits per heavy atom. The van der Waals surface area contributed by atoms with Crippen molar-refractivity contribution in [1.29, 1.82) is 0 Å². The van der Waals surface area contributed by atoms with Gasteiger partial charge in [-0.2, -0.15) is 0 Å². The van der Waals surface area contributed by atoms with E-state index in [0.717, 1.165) is 10.0 Å². The molecule has 0 aliphatic rings. The molecule has 0 heterocycles. The predicted molar refractivity (Wildman–Crippen MR) is 55.2 cm³/mol. The molecule has 64 valence electrons. The van der Waals surface area contributed by atoms with Gasteiger partial charge in [0.15, 0.2) is 0 Å². The standard InChI is InChI=1S/C9H8BrClO/c1-6(12-2)7-4-3-5-8(10)9(7)11/h3-5H,1H2,2H3. The normalized spacial score (nSPS) is 9.58. The summed E-state index contributed by atoms with van der Waals surface area (Å²) < 4.78 is 5.82. The average molecular weight is 248 g/mol. The van der Waals surface area contributed by atoms with Gasteiger partial charge in [0.25, 0.3) is 0 Å². The molecule has 0 saturated heterocycles. The number of halogens is 2. The van der Waals surface area contributed by atoms with Gasteiger partial charge in [-0.15, -0.1) is 0 Å². The summed E-state index contributed by atoms with van der Waals surface area (Å²) in [5.41, 5.74) is 0.813. The smallest absolute Gasteiger partial charge is 0.120 e. The van der Waals surface area contributed by atoms with Gasteiger partial charge >= 0.3 is 0 Å². The van der Waals surface area contributed by atoms with Gasteiger partial charge in [0, 0.05) is 10.0 Å². The van der Waals surface area contributed by atoms with Gasteiger partial charge < -0.3 is 4.74 Å². The second-order valence-corrected chi connectivity index (χ2v) is 3.46. The van der Waals surface area contributed by atoms with Crippen molar-refractivity contribution in [2.45, 2.75) is 0 Å². The molecule has 0 unspecified atom stereocenters. The lowest BCUT2D eigenvalue weighted by molar-refractivity contribution is 0.371. The highest BCUT2D eigenvalue weighted by Crippen LogP contribution is 2.29. The fourth-order valence-corrected chi connectivity index (χ4v) is 1.43. The van der Waals surface area contributed by atoms with E-state index in [1.807, 2.05) is 18.2 Å². The molecule has 1 aromatic carbocycles. The lowest BCUT2D eigenvalue weighted by Crippen LogP contribution is -1.86. The van der Waals surface area contributed by atoms with Crippen LogP contribution in [-0.2, 0) is 4.74 Å². The SMILES string of the molecule is C=C(OC)c1cccc(Br)c1Cl. The van der Waals surface area contributed by atoms with E-state index in [1.54, 1.807) is 7.11 Å². The number of methoxy groups -OCH3 is 1. The topological polar surface area (TPSA) is 9.23 Å². The van der Waals surface area contributed by atoms with Crippen LogP contribution in [0.25, 0.3) is 5.76 Å². The summed E-state index contributed by atoms with van der Waals surface area (Å²) in [6, 6.07) is 5.61. The number of hydrogen-bond donors (Lipinski definition) is 0. The van der Waals surface area contributed by atoms with Gasteiger partial charge in [0.2, 0.25) is 0 Å². The Hall–Kier alpha value is -0.470. The quantitative estimate of drug-likeness (QED) is 0.724. The fourth-order valence-electron chi connectivity index (χ4n) is 0.829. The van der Waals surface area contributed by atoms with Gasteiger partial charge in [0.05, 0.1) is 12.1 Å². The van der Waals surface area contributed by atoms with Crippen LogP contribution in [0, 0.1) is 0 Å². The van der Waals surface area contributed by atoms with Crippen LogP contribution >= 0.6 is 27.5 Å². The molecule has 1 aromatic rings. The molecule has 0 amide bonds. The first-order valence-electron chi connectivity index (χ1n) is 3.34. The molecule has 3 heteroatoms. The van der Waals surface area contributed by atoms with Gasteiger partial charge in [-0.1, -0.05) is 24.2 Å². The Morgan fingerprint density at radius 2 is 2.25 bits per heavy atom. The van der Waals surface area contributed by atoms with Gasteiger partial charge in [-0.05, 0) is 28.1 Å². The number of benzene rings is 1. The Bertz CT molecular complexity index is 309. The Kier molecular flexibility index (Phi) is 3.18. The zero-order valence-electron chi connectivity index (χ0n) is 6.60. The molecule has 1 rings (SSSR count). The van der Waals surface area contributed by atoms with E-state index in [0.29, 0.717) is 10.8 Å². The van der Waals surface area contributed by atoms with Crippen LogP contribution in [0.5, 0.6) is 0 Å². The number of ether oxygens (including phenoxy) is 1. The Labute approximate surface area is 85.1 Å². The van der Waals surface area contributed by atoms with E-state index in [1.165, 1.54) is 0 Å². The summed E-state index contributed by atoms with van der Waals surface area (Å²) in [5.74, 6) is 0.571. The largest absolute Gasteiger partial charge is 0.497 e. The lowest BCUT2D eigenvalue weighted by atomic mass is 10.2. The molecule has 0 fully saturated rings. The predicted octanol–water partition coefficient (Wildman–Crippen LogP) is 3.72. The van der Waals surface area contributed by atoms with Crippen LogP contribution in [0.1, 0.15) is 5.56 Å². The molecule has 0 saturated carbocycles. The Morgan fingerprint density at radius 3 is 2.83 bits per heavy atom. The highest BCUT2D eigenvalue weighted by molar-refractivity contribution is 9.10. The average Bonchev–Trinajstić information content (AvgIpc) is 2.08. The molecule has 0 atom stereocenters. The van der Waals surface area contributed by atoms with Crippen molar-refractivity contribution in [2.24, 2.45) is 0 Å². The first-order valence-corrected chi connectivity index (χ1v) is 4.51. The molecule has 1 nitrogen and oxygen atoms in total. The fraction of sp³-hybridized carbons (Fsp3) is 0.111. The van der Waals surface area contributed by atoms with Gasteiger partial charge in [0.1, 0.15) is 5.76 Å². The van der Waals surface area contributed by atoms with E-state index in [-0.39, 0.29) is 0 Å². The van der Waals surface area contributed by atoms with Crippen LogP contribution in [0.2, 0.25) is 5.02 Å². The molecule has 0 aliphatic heterocycles. The third-order valence-electron chi connectivity index (χ3n) is 1.50. The molecular formula is C9H8BrClO. The molecule has 0 spiro atoms. The number of rotatable bonds is 2. The first kappa shape index (κ1) is 9.62. The van der Waals surface area contributed by atoms with Crippen molar-refractivity contribution in [3.63, 3.8) is 0 Å². The van der Waals surface area contributed by atoms with E-state index in [2.05, 4.69) is 22.5 Å². The van der Waals surface area contributed by atoms with Crippen molar-refractivity contribution < 1.29 is 4.74 Å². The molecule has 0 bridgehead atoms. The summed E-state index contributed by atoms with van der Waals surface area (Å²) in [6.07, 6.45) is 0. The zero-order chi connectivity index (χ0) is 9.14. The molecular weight excluding hydrogens is 239 g/mol. The summed E-state index contributed by atoms with van der Waals surface area (Å²) in [7, 11) is 1.57. The van der Waals surface area contributed by atoms with Crippen molar-refractivity contribution in [2.75, 3.05) is 7.11 Å². The maximum absolute atomic E-state index is 5.98. The minimum Gasteiger partial charge on any atom is -0.497 e. The van der Waals surface area contributed by atoms with Gasteiger partial charge in [-0.3, -0.25) is 0 Å². The minimum atomic E-state index is 0.571. The molecule has 0 aliphatic carbocycles. The van der Waals surface area contributed by atoms with Crippen molar-refractivity contribution >= 4 is 33.3 Å². The summed E-state index contributed by atoms with van der Waals surface area (Å²) in [6.45, 7) is 3.72. The van der Waals surface area contributed by atoms with Crippen LogP contribution in [-0.4, -0.2) is 7.11 Å². The van der Waals surface area contributed by atoms with Crippen molar-refractivity contribution in [3.8, 4) is 0 Å². The van der Waals surface area contributed by atoms with Crippen LogP contribution in [0.3, 0.4) is 0 Å². The molecule has 0 aromatic heterocycles. The lowest BCUT2D eigenvalue weighted by Gasteiger charge is -2.06. The molecule has 0 radical (unpaired) electrons. The first-order chi connectivity index (χ1) is 5.66. The van der Waals surface area contributed by atoms with E-state index < -0.39 is 0 Å². The second kappa shape index (κ2) is 3.97. The van der Waals surface area contributed by atoms with Crippen molar-refractivity contribution in [1.82, 2.24) is 0 Å². The number of hydrogen-bond acceptors (Lipinski definition) is 1.